The topological polar surface area (TPSA) is 63.7 Å². The van der Waals surface area contributed by atoms with Gasteiger partial charge in [-0.1, -0.05) is 12.1 Å². The van der Waals surface area contributed by atoms with Gasteiger partial charge < -0.3 is 19.7 Å². The van der Waals surface area contributed by atoms with Crippen molar-refractivity contribution in [2.45, 2.75) is 6.42 Å². The van der Waals surface area contributed by atoms with E-state index in [0.29, 0.717) is 31.9 Å². The second-order valence-electron chi connectivity index (χ2n) is 5.90. The number of rotatable bonds is 6. The second-order valence-corrected chi connectivity index (χ2v) is 5.90. The van der Waals surface area contributed by atoms with E-state index in [1.165, 1.54) is 5.56 Å². The van der Waals surface area contributed by atoms with Crippen molar-refractivity contribution in [2.75, 3.05) is 45.3 Å². The third-order valence-electron chi connectivity index (χ3n) is 4.16. The van der Waals surface area contributed by atoms with Gasteiger partial charge in [-0.05, 0) is 30.2 Å². The van der Waals surface area contributed by atoms with E-state index in [2.05, 4.69) is 16.4 Å². The Morgan fingerprint density at radius 1 is 1.28 bits per heavy atom. The number of benzene rings is 1. The van der Waals surface area contributed by atoms with Crippen LogP contribution in [0, 0.1) is 0 Å². The maximum Gasteiger partial charge on any atom is 0.255 e. The molecule has 1 amide bonds. The van der Waals surface area contributed by atoms with Gasteiger partial charge in [0.2, 0.25) is 0 Å². The molecule has 3 rings (SSSR count). The quantitative estimate of drug-likeness (QED) is 0.873. The van der Waals surface area contributed by atoms with E-state index in [0.717, 1.165) is 24.4 Å². The maximum atomic E-state index is 12.5. The highest BCUT2D eigenvalue weighted by Gasteiger charge is 2.18. The molecule has 1 aromatic carbocycles. The molecule has 0 aliphatic carbocycles. The third-order valence-corrected chi connectivity index (χ3v) is 4.16. The molecular formula is C19H23N3O3. The summed E-state index contributed by atoms with van der Waals surface area (Å²) < 4.78 is 10.5. The van der Waals surface area contributed by atoms with Gasteiger partial charge in [0.05, 0.1) is 31.6 Å². The highest BCUT2D eigenvalue weighted by Crippen LogP contribution is 2.15. The van der Waals surface area contributed by atoms with Crippen LogP contribution in [-0.2, 0) is 11.2 Å². The lowest BCUT2D eigenvalue weighted by atomic mass is 10.1. The van der Waals surface area contributed by atoms with Gasteiger partial charge in [-0.3, -0.25) is 9.78 Å². The molecule has 0 bridgehead atoms. The lowest BCUT2D eigenvalue weighted by Crippen LogP contribution is -2.40. The summed E-state index contributed by atoms with van der Waals surface area (Å²) in [5.74, 6) is 0.865. The van der Waals surface area contributed by atoms with E-state index in [4.69, 9.17) is 9.47 Å². The molecule has 25 heavy (non-hydrogen) atoms. The first kappa shape index (κ1) is 17.2. The summed E-state index contributed by atoms with van der Waals surface area (Å²) in [6, 6.07) is 9.87. The zero-order chi connectivity index (χ0) is 17.5. The molecule has 6 heteroatoms. The number of methoxy groups -OCH3 is 1. The van der Waals surface area contributed by atoms with E-state index in [-0.39, 0.29) is 5.91 Å². The molecule has 0 unspecified atom stereocenters. The number of carbonyl (C=O) groups is 1. The number of carbonyl (C=O) groups excluding carboxylic acids is 1. The second kappa shape index (κ2) is 8.48. The van der Waals surface area contributed by atoms with E-state index in [1.54, 1.807) is 24.4 Å². The van der Waals surface area contributed by atoms with Crippen LogP contribution in [0.2, 0.25) is 0 Å². The molecule has 0 radical (unpaired) electrons. The number of amides is 1. The Morgan fingerprint density at radius 3 is 2.92 bits per heavy atom. The molecule has 1 aliphatic rings. The Kier molecular flexibility index (Phi) is 5.85. The fraction of sp³-hybridized carbons (Fsp3) is 0.368. The van der Waals surface area contributed by atoms with Crippen molar-refractivity contribution in [1.82, 2.24) is 9.88 Å². The van der Waals surface area contributed by atoms with E-state index < -0.39 is 0 Å². The summed E-state index contributed by atoms with van der Waals surface area (Å²) in [7, 11) is 1.67. The summed E-state index contributed by atoms with van der Waals surface area (Å²) >= 11 is 0. The number of anilines is 1. The monoisotopic (exact) mass is 341 g/mol. The Labute approximate surface area is 147 Å². The third kappa shape index (κ3) is 4.70. The molecule has 1 saturated heterocycles. The zero-order valence-corrected chi connectivity index (χ0v) is 14.4. The van der Waals surface area contributed by atoms with Gasteiger partial charge >= 0.3 is 0 Å². The van der Waals surface area contributed by atoms with Crippen LogP contribution in [-0.4, -0.2) is 55.7 Å². The Morgan fingerprint density at radius 2 is 2.12 bits per heavy atom. The first-order valence-corrected chi connectivity index (χ1v) is 8.45. The van der Waals surface area contributed by atoms with Gasteiger partial charge in [-0.15, -0.1) is 0 Å². The van der Waals surface area contributed by atoms with Crippen LogP contribution in [0.3, 0.4) is 0 Å². The summed E-state index contributed by atoms with van der Waals surface area (Å²) in [5, 5.41) is 3.33. The predicted octanol–water partition coefficient (Wildman–Crippen LogP) is 2.22. The zero-order valence-electron chi connectivity index (χ0n) is 14.4. The van der Waals surface area contributed by atoms with Crippen molar-refractivity contribution in [3.05, 3.63) is 53.9 Å². The van der Waals surface area contributed by atoms with Gasteiger partial charge in [0.15, 0.2) is 0 Å². The average Bonchev–Trinajstić information content (AvgIpc) is 2.68. The Bertz CT molecular complexity index is 715. The van der Waals surface area contributed by atoms with Gasteiger partial charge in [-0.2, -0.15) is 0 Å². The van der Waals surface area contributed by atoms with Crippen LogP contribution >= 0.6 is 0 Å². The number of aromatic nitrogens is 1. The smallest absolute Gasteiger partial charge is 0.255 e. The summed E-state index contributed by atoms with van der Waals surface area (Å²) in [6.07, 6.45) is 4.21. The van der Waals surface area contributed by atoms with Gasteiger partial charge in [0, 0.05) is 32.0 Å². The lowest BCUT2D eigenvalue weighted by molar-refractivity contribution is 0.0302. The van der Waals surface area contributed by atoms with Crippen molar-refractivity contribution in [2.24, 2.45) is 0 Å². The SMILES string of the molecule is COc1cccc(CCNc2cncc(C(=O)N3CCOCC3)c2)c1. The van der Waals surface area contributed by atoms with Crippen LogP contribution in [0.4, 0.5) is 5.69 Å². The van der Waals surface area contributed by atoms with Gasteiger partial charge in [0.25, 0.3) is 5.91 Å². The van der Waals surface area contributed by atoms with Gasteiger partial charge in [-0.25, -0.2) is 0 Å². The van der Waals surface area contributed by atoms with E-state index in [1.807, 2.05) is 24.3 Å². The van der Waals surface area contributed by atoms with Crippen LogP contribution in [0.5, 0.6) is 5.75 Å². The van der Waals surface area contributed by atoms with Crippen LogP contribution in [0.1, 0.15) is 15.9 Å². The van der Waals surface area contributed by atoms with E-state index >= 15 is 0 Å². The fourth-order valence-corrected chi connectivity index (χ4v) is 2.78. The molecule has 2 aromatic rings. The first-order chi connectivity index (χ1) is 12.3. The number of hydrogen-bond acceptors (Lipinski definition) is 5. The van der Waals surface area contributed by atoms with Crippen LogP contribution in [0.25, 0.3) is 0 Å². The van der Waals surface area contributed by atoms with E-state index in [9.17, 15) is 4.79 Å². The molecule has 1 aliphatic heterocycles. The minimum Gasteiger partial charge on any atom is -0.497 e. The largest absolute Gasteiger partial charge is 0.497 e. The minimum atomic E-state index is 0.00671. The number of pyridine rings is 1. The predicted molar refractivity (Wildman–Crippen MR) is 96.1 cm³/mol. The molecule has 2 heterocycles. The molecule has 132 valence electrons. The standard InChI is InChI=1S/C19H23N3O3/c1-24-18-4-2-3-15(11-18)5-6-21-17-12-16(13-20-14-17)19(23)22-7-9-25-10-8-22/h2-4,11-14,21H,5-10H2,1H3. The molecule has 0 atom stereocenters. The highest BCUT2D eigenvalue weighted by molar-refractivity contribution is 5.94. The number of morpholine rings is 1. The molecule has 0 saturated carbocycles. The lowest BCUT2D eigenvalue weighted by Gasteiger charge is -2.26. The first-order valence-electron chi connectivity index (χ1n) is 8.45. The molecule has 1 N–H and O–H groups in total. The molecular weight excluding hydrogens is 318 g/mol. The highest BCUT2D eigenvalue weighted by atomic mass is 16.5. The Hall–Kier alpha value is -2.60. The Balaban J connectivity index is 1.57. The molecule has 1 aromatic heterocycles. The number of nitrogens with zero attached hydrogens (tertiary/aromatic N) is 2. The van der Waals surface area contributed by atoms with Crippen molar-refractivity contribution in [1.29, 1.82) is 0 Å². The van der Waals surface area contributed by atoms with Crippen molar-refractivity contribution in [3.63, 3.8) is 0 Å². The molecule has 1 fully saturated rings. The van der Waals surface area contributed by atoms with Crippen LogP contribution < -0.4 is 10.1 Å². The fourth-order valence-electron chi connectivity index (χ4n) is 2.78. The maximum absolute atomic E-state index is 12.5. The van der Waals surface area contributed by atoms with Crippen LogP contribution in [0.15, 0.2) is 42.7 Å². The van der Waals surface area contributed by atoms with Crippen molar-refractivity contribution in [3.8, 4) is 5.75 Å². The minimum absolute atomic E-state index is 0.00671. The van der Waals surface area contributed by atoms with Crippen molar-refractivity contribution < 1.29 is 14.3 Å². The summed E-state index contributed by atoms with van der Waals surface area (Å²) in [4.78, 5) is 18.5. The van der Waals surface area contributed by atoms with Crippen molar-refractivity contribution >= 4 is 11.6 Å². The summed E-state index contributed by atoms with van der Waals surface area (Å²) in [6.45, 7) is 3.21. The average molecular weight is 341 g/mol. The normalized spacial score (nSPS) is 14.2. The number of nitrogens with one attached hydrogen (secondary N) is 1. The number of ether oxygens (including phenoxy) is 2. The summed E-state index contributed by atoms with van der Waals surface area (Å²) in [5.41, 5.74) is 2.65. The van der Waals surface area contributed by atoms with Gasteiger partial charge in [0.1, 0.15) is 5.75 Å². The molecule has 6 nitrogen and oxygen atoms in total. The number of hydrogen-bond donors (Lipinski definition) is 1. The molecule has 0 spiro atoms.